The molecule has 5 nitrogen and oxygen atoms in total. The van der Waals surface area contributed by atoms with Crippen molar-refractivity contribution in [3.05, 3.63) is 29.8 Å². The average Bonchev–Trinajstić information content (AvgIpc) is 2.30. The molecule has 0 bridgehead atoms. The summed E-state index contributed by atoms with van der Waals surface area (Å²) in [5.74, 6) is -0.255. The molecule has 1 rings (SSSR count). The zero-order valence-corrected chi connectivity index (χ0v) is 8.98. The van der Waals surface area contributed by atoms with Gasteiger partial charge in [-0.25, -0.2) is 0 Å². The summed E-state index contributed by atoms with van der Waals surface area (Å²) < 4.78 is 4.90. The third kappa shape index (κ3) is 3.98. The Morgan fingerprint density at radius 1 is 1.44 bits per heavy atom. The Hall–Kier alpha value is -1.43. The van der Waals surface area contributed by atoms with E-state index in [2.05, 4.69) is 5.32 Å². The SMILES string of the molecule is NCc1ccccc1NC(=O)COCCO. The van der Waals surface area contributed by atoms with Gasteiger partial charge in [0, 0.05) is 12.2 Å². The van der Waals surface area contributed by atoms with Gasteiger partial charge in [0.2, 0.25) is 5.91 Å². The second kappa shape index (κ2) is 6.95. The molecule has 4 N–H and O–H groups in total. The fraction of sp³-hybridized carbons (Fsp3) is 0.364. The molecule has 0 saturated heterocycles. The number of ether oxygens (including phenoxy) is 1. The molecule has 0 saturated carbocycles. The van der Waals surface area contributed by atoms with Gasteiger partial charge < -0.3 is 20.9 Å². The van der Waals surface area contributed by atoms with Crippen LogP contribution in [0.25, 0.3) is 0 Å². The van der Waals surface area contributed by atoms with Crippen molar-refractivity contribution in [1.82, 2.24) is 0 Å². The van der Waals surface area contributed by atoms with Gasteiger partial charge in [0.25, 0.3) is 0 Å². The van der Waals surface area contributed by atoms with Gasteiger partial charge >= 0.3 is 0 Å². The number of hydrogen-bond acceptors (Lipinski definition) is 4. The molecular formula is C11H16N2O3. The normalized spacial score (nSPS) is 10.1. The fourth-order valence-electron chi connectivity index (χ4n) is 1.24. The van der Waals surface area contributed by atoms with E-state index < -0.39 is 0 Å². The molecule has 5 heteroatoms. The van der Waals surface area contributed by atoms with Crippen molar-refractivity contribution in [1.29, 1.82) is 0 Å². The quantitative estimate of drug-likeness (QED) is 0.598. The van der Waals surface area contributed by atoms with Gasteiger partial charge in [-0.1, -0.05) is 18.2 Å². The van der Waals surface area contributed by atoms with E-state index in [1.807, 2.05) is 18.2 Å². The third-order valence-electron chi connectivity index (χ3n) is 1.98. The number of hydrogen-bond donors (Lipinski definition) is 3. The van der Waals surface area contributed by atoms with Crippen LogP contribution in [-0.2, 0) is 16.1 Å². The maximum absolute atomic E-state index is 11.4. The highest BCUT2D eigenvalue weighted by atomic mass is 16.5. The predicted molar refractivity (Wildman–Crippen MR) is 60.9 cm³/mol. The molecule has 0 unspecified atom stereocenters. The number of carbonyl (C=O) groups excluding carboxylic acids is 1. The van der Waals surface area contributed by atoms with E-state index in [1.54, 1.807) is 6.07 Å². The zero-order chi connectivity index (χ0) is 11.8. The lowest BCUT2D eigenvalue weighted by Gasteiger charge is -2.09. The number of anilines is 1. The van der Waals surface area contributed by atoms with Crippen LogP contribution in [0.3, 0.4) is 0 Å². The molecule has 0 aliphatic carbocycles. The summed E-state index contributed by atoms with van der Waals surface area (Å²) in [7, 11) is 0. The number of nitrogens with one attached hydrogen (secondary N) is 1. The number of amides is 1. The van der Waals surface area contributed by atoms with Crippen LogP contribution in [0.2, 0.25) is 0 Å². The molecule has 0 aliphatic rings. The molecule has 0 spiro atoms. The Morgan fingerprint density at radius 2 is 2.19 bits per heavy atom. The molecule has 88 valence electrons. The summed E-state index contributed by atoms with van der Waals surface area (Å²) >= 11 is 0. The van der Waals surface area contributed by atoms with Crippen molar-refractivity contribution in [2.75, 3.05) is 25.1 Å². The highest BCUT2D eigenvalue weighted by Gasteiger charge is 2.05. The van der Waals surface area contributed by atoms with Crippen LogP contribution in [0.5, 0.6) is 0 Å². The summed E-state index contributed by atoms with van der Waals surface area (Å²) in [6.07, 6.45) is 0. The molecule has 0 atom stereocenters. The average molecular weight is 224 g/mol. The summed E-state index contributed by atoms with van der Waals surface area (Å²) in [6.45, 7) is 0.367. The molecular weight excluding hydrogens is 208 g/mol. The molecule has 0 aliphatic heterocycles. The van der Waals surface area contributed by atoms with Crippen molar-refractivity contribution in [2.45, 2.75) is 6.54 Å². The number of nitrogens with two attached hydrogens (primary N) is 1. The van der Waals surface area contributed by atoms with Gasteiger partial charge in [0.05, 0.1) is 13.2 Å². The number of rotatable bonds is 6. The minimum absolute atomic E-state index is 0.0700. The Morgan fingerprint density at radius 3 is 2.88 bits per heavy atom. The molecule has 0 aromatic heterocycles. The van der Waals surface area contributed by atoms with E-state index in [0.717, 1.165) is 5.56 Å². The van der Waals surface area contributed by atoms with Crippen molar-refractivity contribution < 1.29 is 14.6 Å². The first-order valence-electron chi connectivity index (χ1n) is 5.04. The molecule has 0 fully saturated rings. The topological polar surface area (TPSA) is 84.6 Å². The minimum Gasteiger partial charge on any atom is -0.394 e. The zero-order valence-electron chi connectivity index (χ0n) is 8.98. The maximum atomic E-state index is 11.4. The second-order valence-electron chi connectivity index (χ2n) is 3.19. The Bertz CT molecular complexity index is 342. The lowest BCUT2D eigenvalue weighted by molar-refractivity contribution is -0.120. The summed E-state index contributed by atoms with van der Waals surface area (Å²) in [6, 6.07) is 7.32. The standard InChI is InChI=1S/C11H16N2O3/c12-7-9-3-1-2-4-10(9)13-11(15)8-16-6-5-14/h1-4,14H,5-8,12H2,(H,13,15). The van der Waals surface area contributed by atoms with E-state index in [0.29, 0.717) is 12.2 Å². The van der Waals surface area contributed by atoms with Gasteiger partial charge in [0.1, 0.15) is 6.61 Å². The number of para-hydroxylation sites is 1. The number of aliphatic hydroxyl groups is 1. The first-order valence-corrected chi connectivity index (χ1v) is 5.04. The lowest BCUT2D eigenvalue weighted by Crippen LogP contribution is -2.20. The monoisotopic (exact) mass is 224 g/mol. The number of benzene rings is 1. The number of aliphatic hydroxyl groups excluding tert-OH is 1. The van der Waals surface area contributed by atoms with Crippen molar-refractivity contribution in [3.8, 4) is 0 Å². The molecule has 0 heterocycles. The van der Waals surface area contributed by atoms with Gasteiger partial charge in [-0.05, 0) is 11.6 Å². The van der Waals surface area contributed by atoms with E-state index in [4.69, 9.17) is 15.6 Å². The smallest absolute Gasteiger partial charge is 0.250 e. The van der Waals surface area contributed by atoms with E-state index in [1.165, 1.54) is 0 Å². The van der Waals surface area contributed by atoms with Gasteiger partial charge in [-0.15, -0.1) is 0 Å². The second-order valence-corrected chi connectivity index (χ2v) is 3.19. The van der Waals surface area contributed by atoms with Crippen LogP contribution in [0.1, 0.15) is 5.56 Å². The highest BCUT2D eigenvalue weighted by molar-refractivity contribution is 5.92. The van der Waals surface area contributed by atoms with Crippen molar-refractivity contribution >= 4 is 11.6 Å². The first-order chi connectivity index (χ1) is 7.77. The van der Waals surface area contributed by atoms with Gasteiger partial charge in [-0.2, -0.15) is 0 Å². The van der Waals surface area contributed by atoms with E-state index in [-0.39, 0.29) is 25.7 Å². The first kappa shape index (κ1) is 12.6. The summed E-state index contributed by atoms with van der Waals surface area (Å²) in [4.78, 5) is 11.4. The molecule has 16 heavy (non-hydrogen) atoms. The summed E-state index contributed by atoms with van der Waals surface area (Å²) in [5.41, 5.74) is 7.10. The van der Waals surface area contributed by atoms with Crippen LogP contribution >= 0.6 is 0 Å². The Balaban J connectivity index is 2.49. The van der Waals surface area contributed by atoms with Crippen molar-refractivity contribution in [3.63, 3.8) is 0 Å². The number of carbonyl (C=O) groups is 1. The summed E-state index contributed by atoms with van der Waals surface area (Å²) in [5, 5.41) is 11.2. The van der Waals surface area contributed by atoms with Gasteiger partial charge in [0.15, 0.2) is 0 Å². The van der Waals surface area contributed by atoms with Crippen LogP contribution in [0.4, 0.5) is 5.69 Å². The lowest BCUT2D eigenvalue weighted by atomic mass is 10.2. The predicted octanol–water partition coefficient (Wildman–Crippen LogP) is 0.0927. The van der Waals surface area contributed by atoms with Crippen LogP contribution in [0.15, 0.2) is 24.3 Å². The molecule has 1 amide bonds. The Kier molecular flexibility index (Phi) is 5.49. The van der Waals surface area contributed by atoms with Gasteiger partial charge in [-0.3, -0.25) is 4.79 Å². The van der Waals surface area contributed by atoms with Crippen LogP contribution in [-0.4, -0.2) is 30.8 Å². The van der Waals surface area contributed by atoms with E-state index >= 15 is 0 Å². The van der Waals surface area contributed by atoms with Crippen LogP contribution < -0.4 is 11.1 Å². The highest BCUT2D eigenvalue weighted by Crippen LogP contribution is 2.13. The Labute approximate surface area is 94.2 Å². The minimum atomic E-state index is -0.255. The third-order valence-corrected chi connectivity index (χ3v) is 1.98. The molecule has 1 aromatic rings. The maximum Gasteiger partial charge on any atom is 0.250 e. The van der Waals surface area contributed by atoms with E-state index in [9.17, 15) is 4.79 Å². The fourth-order valence-corrected chi connectivity index (χ4v) is 1.24. The van der Waals surface area contributed by atoms with Crippen LogP contribution in [0, 0.1) is 0 Å². The molecule has 0 radical (unpaired) electrons. The molecule has 1 aromatic carbocycles. The van der Waals surface area contributed by atoms with Crippen molar-refractivity contribution in [2.24, 2.45) is 5.73 Å². The largest absolute Gasteiger partial charge is 0.394 e.